The second-order valence-corrected chi connectivity index (χ2v) is 4.52. The quantitative estimate of drug-likeness (QED) is 0.547. The maximum absolute atomic E-state index is 13.8. The van der Waals surface area contributed by atoms with Gasteiger partial charge in [0, 0.05) is 5.56 Å². The molecule has 0 bridgehead atoms. The number of hydrogen-bond acceptors (Lipinski definition) is 0. The van der Waals surface area contributed by atoms with E-state index < -0.39 is 22.2 Å². The Morgan fingerprint density at radius 1 is 1.00 bits per heavy atom. The molecule has 0 spiro atoms. The lowest BCUT2D eigenvalue weighted by molar-refractivity contribution is -0.282. The van der Waals surface area contributed by atoms with Crippen LogP contribution in [0, 0.1) is 6.92 Å². The molecule has 0 aliphatic heterocycles. The van der Waals surface area contributed by atoms with E-state index in [2.05, 4.69) is 0 Å². The minimum Gasteiger partial charge on any atom is -0.221 e. The lowest BCUT2D eigenvalue weighted by atomic mass is 9.94. The summed E-state index contributed by atoms with van der Waals surface area (Å²) in [6.45, 7) is 1.38. The maximum atomic E-state index is 13.8. The Hall–Kier alpha value is -0.720. The number of benzene rings is 1. The smallest absolute Gasteiger partial charge is 0.221 e. The SMILES string of the molecule is Cc1cccc(C(F)(C(F)(F)F)C(F)(F)Br)c1. The van der Waals surface area contributed by atoms with Crippen LogP contribution in [0.1, 0.15) is 11.1 Å². The van der Waals surface area contributed by atoms with Gasteiger partial charge < -0.3 is 0 Å². The fourth-order valence-electron chi connectivity index (χ4n) is 1.35. The molecule has 1 atom stereocenters. The van der Waals surface area contributed by atoms with E-state index in [1.165, 1.54) is 28.9 Å². The minimum absolute atomic E-state index is 0.255. The van der Waals surface area contributed by atoms with Crippen molar-refractivity contribution in [1.82, 2.24) is 0 Å². The number of halogens is 7. The van der Waals surface area contributed by atoms with Gasteiger partial charge in [-0.25, -0.2) is 4.39 Å². The molecule has 0 radical (unpaired) electrons. The molecule has 0 saturated carbocycles. The molecule has 0 amide bonds. The monoisotopic (exact) mass is 320 g/mol. The van der Waals surface area contributed by atoms with E-state index in [0.717, 1.165) is 12.1 Å². The summed E-state index contributed by atoms with van der Waals surface area (Å²) in [5.41, 5.74) is -5.64. The van der Waals surface area contributed by atoms with Crippen LogP contribution in [0.2, 0.25) is 0 Å². The van der Waals surface area contributed by atoms with Crippen LogP contribution in [-0.4, -0.2) is 11.0 Å². The molecule has 0 N–H and O–H groups in total. The average Bonchev–Trinajstić information content (AvgIpc) is 2.12. The van der Waals surface area contributed by atoms with Gasteiger partial charge in [0.15, 0.2) is 0 Å². The Balaban J connectivity index is 3.46. The first-order valence-corrected chi connectivity index (χ1v) is 5.19. The van der Waals surface area contributed by atoms with Crippen LogP contribution in [0.5, 0.6) is 0 Å². The van der Waals surface area contributed by atoms with E-state index in [-0.39, 0.29) is 5.56 Å². The molecule has 0 aromatic heterocycles. The summed E-state index contributed by atoms with van der Waals surface area (Å²) >= 11 is 1.47. The lowest BCUT2D eigenvalue weighted by Gasteiger charge is -2.32. The van der Waals surface area contributed by atoms with E-state index in [1.54, 1.807) is 0 Å². The van der Waals surface area contributed by atoms with Crippen molar-refractivity contribution < 1.29 is 26.3 Å². The highest BCUT2D eigenvalue weighted by Gasteiger charge is 2.71. The molecule has 0 aliphatic rings. The van der Waals surface area contributed by atoms with Crippen molar-refractivity contribution in [3.05, 3.63) is 35.4 Å². The second kappa shape index (κ2) is 4.19. The van der Waals surface area contributed by atoms with Gasteiger partial charge in [0.05, 0.1) is 0 Å². The van der Waals surface area contributed by atoms with Gasteiger partial charge in [0.2, 0.25) is 0 Å². The molecule has 1 rings (SSSR count). The summed E-state index contributed by atoms with van der Waals surface area (Å²) in [5, 5.41) is 0. The fraction of sp³-hybridized carbons (Fsp3) is 0.400. The minimum atomic E-state index is -5.73. The van der Waals surface area contributed by atoms with E-state index in [1.807, 2.05) is 0 Å². The summed E-state index contributed by atoms with van der Waals surface area (Å²) in [7, 11) is 0. The molecule has 96 valence electrons. The van der Waals surface area contributed by atoms with Gasteiger partial charge in [-0.15, -0.1) is 0 Å². The van der Waals surface area contributed by atoms with Crippen LogP contribution in [0.25, 0.3) is 0 Å². The van der Waals surface area contributed by atoms with Crippen molar-refractivity contribution >= 4 is 15.9 Å². The lowest BCUT2D eigenvalue weighted by Crippen LogP contribution is -2.49. The number of alkyl halides is 7. The zero-order valence-corrected chi connectivity index (χ0v) is 10.0. The molecule has 7 heteroatoms. The highest BCUT2D eigenvalue weighted by atomic mass is 79.9. The molecule has 1 unspecified atom stereocenters. The fourth-order valence-corrected chi connectivity index (χ4v) is 1.80. The van der Waals surface area contributed by atoms with Gasteiger partial charge in [-0.2, -0.15) is 22.0 Å². The molecule has 0 saturated heterocycles. The predicted molar refractivity (Wildman–Crippen MR) is 53.9 cm³/mol. The van der Waals surface area contributed by atoms with E-state index in [9.17, 15) is 26.3 Å². The van der Waals surface area contributed by atoms with Gasteiger partial charge >= 0.3 is 16.7 Å². The van der Waals surface area contributed by atoms with Crippen molar-refractivity contribution in [3.63, 3.8) is 0 Å². The molecule has 0 fully saturated rings. The number of hydrogen-bond donors (Lipinski definition) is 0. The van der Waals surface area contributed by atoms with Gasteiger partial charge in [0.1, 0.15) is 0 Å². The normalized spacial score (nSPS) is 16.7. The van der Waals surface area contributed by atoms with Crippen LogP contribution < -0.4 is 0 Å². The van der Waals surface area contributed by atoms with Crippen molar-refractivity contribution in [2.24, 2.45) is 0 Å². The van der Waals surface area contributed by atoms with Gasteiger partial charge in [-0.3, -0.25) is 0 Å². The zero-order chi connectivity index (χ0) is 13.5. The number of aryl methyl sites for hydroxylation is 1. The van der Waals surface area contributed by atoms with Crippen molar-refractivity contribution in [2.75, 3.05) is 0 Å². The van der Waals surface area contributed by atoms with Gasteiger partial charge in [0.25, 0.3) is 0 Å². The van der Waals surface area contributed by atoms with E-state index in [0.29, 0.717) is 6.07 Å². The number of rotatable bonds is 2. The maximum Gasteiger partial charge on any atom is 0.433 e. The molecule has 0 nitrogen and oxygen atoms in total. The van der Waals surface area contributed by atoms with Crippen molar-refractivity contribution in [2.45, 2.75) is 23.6 Å². The molecule has 1 aromatic carbocycles. The molecular formula is C10H7BrF6. The second-order valence-electron chi connectivity index (χ2n) is 3.52. The first-order valence-electron chi connectivity index (χ1n) is 4.39. The molecule has 17 heavy (non-hydrogen) atoms. The van der Waals surface area contributed by atoms with Gasteiger partial charge in [-0.05, 0) is 22.9 Å². The van der Waals surface area contributed by atoms with Crippen LogP contribution in [0.15, 0.2) is 24.3 Å². The highest BCUT2D eigenvalue weighted by Crippen LogP contribution is 2.55. The molecular weight excluding hydrogens is 314 g/mol. The van der Waals surface area contributed by atoms with Crippen LogP contribution in [0.3, 0.4) is 0 Å². The Labute approximate surface area is 102 Å². The highest BCUT2D eigenvalue weighted by molar-refractivity contribution is 9.10. The van der Waals surface area contributed by atoms with Crippen molar-refractivity contribution in [3.8, 4) is 0 Å². The first-order chi connectivity index (χ1) is 7.50. The third kappa shape index (κ3) is 2.43. The van der Waals surface area contributed by atoms with Crippen LogP contribution in [0.4, 0.5) is 26.3 Å². The largest absolute Gasteiger partial charge is 0.433 e. The summed E-state index contributed by atoms with van der Waals surface area (Å²) < 4.78 is 77.2. The predicted octanol–water partition coefficient (Wildman–Crippen LogP) is 4.71. The average molecular weight is 321 g/mol. The van der Waals surface area contributed by atoms with Crippen molar-refractivity contribution in [1.29, 1.82) is 0 Å². The van der Waals surface area contributed by atoms with Gasteiger partial charge in [-0.1, -0.05) is 29.8 Å². The summed E-state index contributed by atoms with van der Waals surface area (Å²) in [4.78, 5) is -4.74. The molecule has 0 heterocycles. The Morgan fingerprint density at radius 2 is 1.53 bits per heavy atom. The van der Waals surface area contributed by atoms with Crippen LogP contribution >= 0.6 is 15.9 Å². The topological polar surface area (TPSA) is 0 Å². The Bertz CT molecular complexity index is 392. The third-order valence-electron chi connectivity index (χ3n) is 2.20. The first kappa shape index (κ1) is 14.3. The molecule has 0 aliphatic carbocycles. The third-order valence-corrected chi connectivity index (χ3v) is 2.74. The summed E-state index contributed by atoms with van der Waals surface area (Å²) in [5.74, 6) is 0. The molecule has 1 aromatic rings. The zero-order valence-electron chi connectivity index (χ0n) is 8.46. The van der Waals surface area contributed by atoms with Crippen LogP contribution in [-0.2, 0) is 5.67 Å². The summed E-state index contributed by atoms with van der Waals surface area (Å²) in [6, 6.07) is 3.88. The van der Waals surface area contributed by atoms with E-state index >= 15 is 0 Å². The Kier molecular flexibility index (Phi) is 3.53. The summed E-state index contributed by atoms with van der Waals surface area (Å²) in [6.07, 6.45) is -5.73. The van der Waals surface area contributed by atoms with E-state index in [4.69, 9.17) is 0 Å². The Morgan fingerprint density at radius 3 is 1.88 bits per heavy atom. The standard InChI is InChI=1S/C10H7BrF6/c1-6-3-2-4-7(5-6)8(12,9(11,13)14)10(15,16)17/h2-5H,1H3.